The van der Waals surface area contributed by atoms with Crippen molar-refractivity contribution in [3.05, 3.63) is 35.9 Å². The summed E-state index contributed by atoms with van der Waals surface area (Å²) < 4.78 is 4.87. The van der Waals surface area contributed by atoms with Crippen LogP contribution in [0.4, 0.5) is 5.69 Å². The highest BCUT2D eigenvalue weighted by atomic mass is 16.5. The van der Waals surface area contributed by atoms with Gasteiger partial charge in [0.15, 0.2) is 0 Å². The van der Waals surface area contributed by atoms with E-state index in [1.807, 2.05) is 19.1 Å². The quantitative estimate of drug-likeness (QED) is 0.605. The predicted molar refractivity (Wildman–Crippen MR) is 87.4 cm³/mol. The second-order valence-corrected chi connectivity index (χ2v) is 5.58. The van der Waals surface area contributed by atoms with Crippen LogP contribution in [0.2, 0.25) is 0 Å². The van der Waals surface area contributed by atoms with Gasteiger partial charge >= 0.3 is 5.97 Å². The average Bonchev–Trinajstić information content (AvgIpc) is 2.54. The maximum absolute atomic E-state index is 11.3. The van der Waals surface area contributed by atoms with E-state index >= 15 is 0 Å². The molecule has 0 aromatic heterocycles. The molecule has 0 atom stereocenters. The lowest BCUT2D eigenvalue weighted by molar-refractivity contribution is -0.137. The summed E-state index contributed by atoms with van der Waals surface area (Å²) in [6, 6.07) is 9.01. The van der Waals surface area contributed by atoms with Crippen LogP contribution < -0.4 is 4.90 Å². The largest absolute Gasteiger partial charge is 0.463 e. The van der Waals surface area contributed by atoms with E-state index in [4.69, 9.17) is 4.74 Å². The SMILES string of the molecule is CCOC(=O)C=Cc1ccc(N(C)C2CCCCC2)cc1. The van der Waals surface area contributed by atoms with E-state index in [0.717, 1.165) is 5.56 Å². The number of carbonyl (C=O) groups is 1. The molecule has 0 heterocycles. The number of esters is 1. The van der Waals surface area contributed by atoms with Gasteiger partial charge in [-0.05, 0) is 43.5 Å². The van der Waals surface area contributed by atoms with Gasteiger partial charge in [-0.2, -0.15) is 0 Å². The van der Waals surface area contributed by atoms with Gasteiger partial charge in [0.25, 0.3) is 0 Å². The number of carbonyl (C=O) groups excluding carboxylic acids is 1. The van der Waals surface area contributed by atoms with E-state index in [9.17, 15) is 4.79 Å². The zero-order valence-electron chi connectivity index (χ0n) is 13.0. The van der Waals surface area contributed by atoms with Crippen molar-refractivity contribution in [1.82, 2.24) is 0 Å². The minimum atomic E-state index is -0.291. The molecule has 0 spiro atoms. The Kier molecular flexibility index (Phi) is 5.85. The van der Waals surface area contributed by atoms with Crippen LogP contribution in [0.3, 0.4) is 0 Å². The molecule has 0 saturated heterocycles. The minimum absolute atomic E-state index is 0.291. The lowest BCUT2D eigenvalue weighted by atomic mass is 9.94. The molecule has 1 saturated carbocycles. The molecule has 3 heteroatoms. The Bertz CT molecular complexity index is 472. The van der Waals surface area contributed by atoms with Crippen molar-refractivity contribution in [3.63, 3.8) is 0 Å². The number of anilines is 1. The topological polar surface area (TPSA) is 29.5 Å². The lowest BCUT2D eigenvalue weighted by Crippen LogP contribution is -2.33. The fraction of sp³-hybridized carbons (Fsp3) is 0.500. The van der Waals surface area contributed by atoms with Gasteiger partial charge in [-0.15, -0.1) is 0 Å². The smallest absolute Gasteiger partial charge is 0.330 e. The Hall–Kier alpha value is -1.77. The molecule has 2 rings (SSSR count). The van der Waals surface area contributed by atoms with Gasteiger partial charge in [-0.25, -0.2) is 4.79 Å². The van der Waals surface area contributed by atoms with Crippen molar-refractivity contribution >= 4 is 17.7 Å². The first-order valence-corrected chi connectivity index (χ1v) is 7.88. The molecule has 0 aliphatic heterocycles. The number of benzene rings is 1. The molecule has 1 aliphatic carbocycles. The van der Waals surface area contributed by atoms with Crippen molar-refractivity contribution in [2.45, 2.75) is 45.1 Å². The Morgan fingerprint density at radius 1 is 1.24 bits per heavy atom. The minimum Gasteiger partial charge on any atom is -0.463 e. The summed E-state index contributed by atoms with van der Waals surface area (Å²) in [5.74, 6) is -0.291. The summed E-state index contributed by atoms with van der Waals surface area (Å²) in [6.07, 6.45) is 9.92. The normalized spacial score (nSPS) is 16.1. The maximum Gasteiger partial charge on any atom is 0.330 e. The van der Waals surface area contributed by atoms with Gasteiger partial charge in [-0.3, -0.25) is 0 Å². The van der Waals surface area contributed by atoms with Crippen LogP contribution in [0.1, 0.15) is 44.6 Å². The molecule has 0 unspecified atom stereocenters. The Morgan fingerprint density at radius 2 is 1.90 bits per heavy atom. The number of rotatable bonds is 5. The molecule has 114 valence electrons. The number of nitrogens with zero attached hydrogens (tertiary/aromatic N) is 1. The maximum atomic E-state index is 11.3. The molecular formula is C18H25NO2. The van der Waals surface area contributed by atoms with Crippen molar-refractivity contribution in [2.75, 3.05) is 18.6 Å². The van der Waals surface area contributed by atoms with E-state index in [1.165, 1.54) is 43.9 Å². The standard InChI is InChI=1S/C18H25NO2/c1-3-21-18(20)14-11-15-9-12-17(13-10-15)19(2)16-7-5-4-6-8-16/h9-14,16H,3-8H2,1-2H3. The lowest BCUT2D eigenvalue weighted by Gasteiger charge is -2.33. The molecule has 0 amide bonds. The van der Waals surface area contributed by atoms with Gasteiger partial charge in [0.2, 0.25) is 0 Å². The summed E-state index contributed by atoms with van der Waals surface area (Å²) in [6.45, 7) is 2.22. The molecular weight excluding hydrogens is 262 g/mol. The van der Waals surface area contributed by atoms with E-state index in [1.54, 1.807) is 6.08 Å². The van der Waals surface area contributed by atoms with Gasteiger partial charge in [-0.1, -0.05) is 31.4 Å². The molecule has 0 radical (unpaired) electrons. The number of ether oxygens (including phenoxy) is 1. The van der Waals surface area contributed by atoms with Crippen LogP contribution in [-0.2, 0) is 9.53 Å². The molecule has 0 N–H and O–H groups in total. The number of hydrogen-bond donors (Lipinski definition) is 0. The van der Waals surface area contributed by atoms with Crippen molar-refractivity contribution < 1.29 is 9.53 Å². The highest BCUT2D eigenvalue weighted by Gasteiger charge is 2.17. The van der Waals surface area contributed by atoms with Gasteiger partial charge in [0.1, 0.15) is 0 Å². The third kappa shape index (κ3) is 4.62. The highest BCUT2D eigenvalue weighted by molar-refractivity contribution is 5.87. The van der Waals surface area contributed by atoms with Crippen molar-refractivity contribution in [1.29, 1.82) is 0 Å². The number of hydrogen-bond acceptors (Lipinski definition) is 3. The Balaban J connectivity index is 1.96. The molecule has 1 aliphatic rings. The second-order valence-electron chi connectivity index (χ2n) is 5.58. The molecule has 1 fully saturated rings. The molecule has 1 aromatic carbocycles. The summed E-state index contributed by atoms with van der Waals surface area (Å²) in [7, 11) is 2.18. The summed E-state index contributed by atoms with van der Waals surface area (Å²) in [5, 5.41) is 0. The van der Waals surface area contributed by atoms with E-state index in [-0.39, 0.29) is 5.97 Å². The summed E-state index contributed by atoms with van der Waals surface area (Å²) in [5.41, 5.74) is 2.26. The Morgan fingerprint density at radius 3 is 2.52 bits per heavy atom. The van der Waals surface area contributed by atoms with Crippen LogP contribution in [0.5, 0.6) is 0 Å². The van der Waals surface area contributed by atoms with E-state index in [0.29, 0.717) is 12.6 Å². The van der Waals surface area contributed by atoms with E-state index < -0.39 is 0 Å². The van der Waals surface area contributed by atoms with Gasteiger partial charge in [0, 0.05) is 24.9 Å². The average molecular weight is 287 g/mol. The fourth-order valence-electron chi connectivity index (χ4n) is 2.85. The molecule has 1 aromatic rings. The second kappa shape index (κ2) is 7.87. The van der Waals surface area contributed by atoms with Crippen molar-refractivity contribution in [2.24, 2.45) is 0 Å². The zero-order chi connectivity index (χ0) is 15.1. The highest BCUT2D eigenvalue weighted by Crippen LogP contribution is 2.26. The first kappa shape index (κ1) is 15.6. The third-order valence-corrected chi connectivity index (χ3v) is 4.12. The van der Waals surface area contributed by atoms with Gasteiger partial charge < -0.3 is 9.64 Å². The van der Waals surface area contributed by atoms with Crippen molar-refractivity contribution in [3.8, 4) is 0 Å². The van der Waals surface area contributed by atoms with Crippen LogP contribution in [0.25, 0.3) is 6.08 Å². The monoisotopic (exact) mass is 287 g/mol. The van der Waals surface area contributed by atoms with Crippen LogP contribution >= 0.6 is 0 Å². The zero-order valence-corrected chi connectivity index (χ0v) is 13.0. The first-order valence-electron chi connectivity index (χ1n) is 7.88. The fourth-order valence-corrected chi connectivity index (χ4v) is 2.85. The van der Waals surface area contributed by atoms with Gasteiger partial charge in [0.05, 0.1) is 6.61 Å². The summed E-state index contributed by atoms with van der Waals surface area (Å²) >= 11 is 0. The predicted octanol–water partition coefficient (Wildman–Crippen LogP) is 4.03. The van der Waals surface area contributed by atoms with Crippen LogP contribution in [-0.4, -0.2) is 25.7 Å². The molecule has 3 nitrogen and oxygen atoms in total. The van der Waals surface area contributed by atoms with Crippen LogP contribution in [0, 0.1) is 0 Å². The first-order chi connectivity index (χ1) is 10.2. The molecule has 21 heavy (non-hydrogen) atoms. The molecule has 0 bridgehead atoms. The summed E-state index contributed by atoms with van der Waals surface area (Å²) in [4.78, 5) is 13.7. The third-order valence-electron chi connectivity index (χ3n) is 4.12. The Labute approximate surface area is 127 Å². The van der Waals surface area contributed by atoms with E-state index in [2.05, 4.69) is 24.1 Å². The van der Waals surface area contributed by atoms with Crippen LogP contribution in [0.15, 0.2) is 30.3 Å².